The van der Waals surface area contributed by atoms with Gasteiger partial charge in [0.15, 0.2) is 6.10 Å². The summed E-state index contributed by atoms with van der Waals surface area (Å²) in [5, 5.41) is 21.9. The van der Waals surface area contributed by atoms with Gasteiger partial charge >= 0.3 is 12.1 Å². The molecule has 0 radical (unpaired) electrons. The van der Waals surface area contributed by atoms with Crippen LogP contribution in [-0.2, 0) is 19.0 Å². The molecule has 8 nitrogen and oxygen atoms in total. The van der Waals surface area contributed by atoms with Crippen molar-refractivity contribution in [3.63, 3.8) is 0 Å². The highest BCUT2D eigenvalue weighted by Crippen LogP contribution is 2.34. The first-order valence-corrected chi connectivity index (χ1v) is 11.1. The number of benzene rings is 2. The number of nitrogens with zero attached hydrogens (tertiary/aromatic N) is 1. The fourth-order valence-corrected chi connectivity index (χ4v) is 3.32. The highest BCUT2D eigenvalue weighted by atomic mass is 79.9. The lowest BCUT2D eigenvalue weighted by molar-refractivity contribution is -0.142. The molecule has 10 heteroatoms. The molecule has 2 aromatic rings. The highest BCUT2D eigenvalue weighted by Gasteiger charge is 2.30. The van der Waals surface area contributed by atoms with Crippen LogP contribution in [0.15, 0.2) is 46.9 Å². The van der Waals surface area contributed by atoms with E-state index in [9.17, 15) is 14.7 Å². The monoisotopic (exact) mass is 522 g/mol. The van der Waals surface area contributed by atoms with Crippen molar-refractivity contribution in [2.75, 3.05) is 24.3 Å². The predicted octanol–water partition coefficient (Wildman–Crippen LogP) is 4.58. The van der Waals surface area contributed by atoms with E-state index in [1.807, 2.05) is 6.07 Å². The number of halogens is 1. The lowest BCUT2D eigenvalue weighted by atomic mass is 10.0. The van der Waals surface area contributed by atoms with E-state index >= 15 is 0 Å². The van der Waals surface area contributed by atoms with Crippen molar-refractivity contribution in [1.29, 1.82) is 5.26 Å². The van der Waals surface area contributed by atoms with Crippen LogP contribution in [0.25, 0.3) is 0 Å². The fraction of sp³-hybridized carbons (Fsp3) is 0.318. The van der Waals surface area contributed by atoms with Crippen LogP contribution in [0.3, 0.4) is 0 Å². The molecular weight excluding hydrogens is 500 g/mol. The Hall–Kier alpha value is -2.74. The van der Waals surface area contributed by atoms with E-state index in [1.54, 1.807) is 43.3 Å². The van der Waals surface area contributed by atoms with Gasteiger partial charge in [0.05, 0.1) is 24.0 Å². The maximum absolute atomic E-state index is 12.6. The van der Waals surface area contributed by atoms with Crippen LogP contribution in [0.2, 0.25) is 0 Å². The molecule has 2 N–H and O–H groups in total. The molecular formula is C22H23BrN2O6S. The largest absolute Gasteiger partial charge is 0.508 e. The van der Waals surface area contributed by atoms with Gasteiger partial charge in [0.25, 0.3) is 0 Å². The summed E-state index contributed by atoms with van der Waals surface area (Å²) in [5.41, 5.74) is 1.21. The van der Waals surface area contributed by atoms with Crippen molar-refractivity contribution in [3.05, 3.63) is 58.1 Å². The van der Waals surface area contributed by atoms with E-state index in [2.05, 4.69) is 33.9 Å². The van der Waals surface area contributed by atoms with Crippen LogP contribution < -0.4 is 5.32 Å². The van der Waals surface area contributed by atoms with Gasteiger partial charge in [0.1, 0.15) is 11.9 Å². The molecule has 0 fully saturated rings. The number of hydrogen-bond donors (Lipinski definition) is 3. The number of esters is 1. The molecule has 2 atom stereocenters. The number of carbonyl (C=O) groups is 2. The van der Waals surface area contributed by atoms with Gasteiger partial charge in [0, 0.05) is 28.8 Å². The van der Waals surface area contributed by atoms with Crippen molar-refractivity contribution in [2.45, 2.75) is 25.6 Å². The number of phenolic OH excluding ortho intramolecular Hbond substituents is 1. The zero-order chi connectivity index (χ0) is 23.5. The third-order valence-electron chi connectivity index (χ3n) is 4.30. The number of ether oxygens (including phenoxy) is 3. The molecule has 0 spiro atoms. The Balaban J connectivity index is 2.25. The SMILES string of the molecule is CCO[C@H](CCOC(=O)CS)[C@H](OC(=O)Nc1ccc(C#N)cc1)c1cc(Br)ccc1O. The van der Waals surface area contributed by atoms with Gasteiger partial charge in [-0.05, 0) is 49.4 Å². The van der Waals surface area contributed by atoms with Gasteiger partial charge in [-0.25, -0.2) is 4.79 Å². The van der Waals surface area contributed by atoms with Crippen molar-refractivity contribution in [1.82, 2.24) is 0 Å². The second kappa shape index (κ2) is 13.0. The number of rotatable bonds is 10. The van der Waals surface area contributed by atoms with E-state index in [0.717, 1.165) is 0 Å². The number of hydrogen-bond acceptors (Lipinski definition) is 8. The molecule has 0 unspecified atom stereocenters. The van der Waals surface area contributed by atoms with Crippen LogP contribution >= 0.6 is 28.6 Å². The van der Waals surface area contributed by atoms with Gasteiger partial charge in [-0.1, -0.05) is 15.9 Å². The van der Waals surface area contributed by atoms with Crippen LogP contribution in [0.5, 0.6) is 5.75 Å². The van der Waals surface area contributed by atoms with Crippen molar-refractivity contribution >= 4 is 46.3 Å². The number of carbonyl (C=O) groups excluding carboxylic acids is 2. The molecule has 0 aliphatic carbocycles. The molecule has 0 aromatic heterocycles. The minimum Gasteiger partial charge on any atom is -0.508 e. The Morgan fingerprint density at radius 2 is 1.97 bits per heavy atom. The molecule has 1 amide bonds. The summed E-state index contributed by atoms with van der Waals surface area (Å²) in [7, 11) is 0. The average Bonchev–Trinajstić information content (AvgIpc) is 2.79. The van der Waals surface area contributed by atoms with Crippen LogP contribution in [0, 0.1) is 11.3 Å². The normalized spacial score (nSPS) is 12.3. The lowest BCUT2D eigenvalue weighted by Gasteiger charge is -2.28. The second-order valence-electron chi connectivity index (χ2n) is 6.50. The summed E-state index contributed by atoms with van der Waals surface area (Å²) in [6.07, 6.45) is -2.27. The number of thiol groups is 1. The quantitative estimate of drug-likeness (QED) is 0.308. The summed E-state index contributed by atoms with van der Waals surface area (Å²) >= 11 is 7.22. The molecule has 0 saturated heterocycles. The van der Waals surface area contributed by atoms with E-state index in [4.69, 9.17) is 19.5 Å². The van der Waals surface area contributed by atoms with Gasteiger partial charge < -0.3 is 19.3 Å². The number of nitriles is 1. The summed E-state index contributed by atoms with van der Waals surface area (Å²) in [5.74, 6) is -0.620. The smallest absolute Gasteiger partial charge is 0.412 e. The first-order chi connectivity index (χ1) is 15.4. The number of phenols is 1. The third-order valence-corrected chi connectivity index (χ3v) is 5.05. The molecule has 2 aromatic carbocycles. The second-order valence-corrected chi connectivity index (χ2v) is 7.74. The van der Waals surface area contributed by atoms with Gasteiger partial charge in [-0.2, -0.15) is 17.9 Å². The zero-order valence-electron chi connectivity index (χ0n) is 17.3. The third kappa shape index (κ3) is 7.75. The van der Waals surface area contributed by atoms with Crippen molar-refractivity contribution in [2.24, 2.45) is 0 Å². The van der Waals surface area contributed by atoms with Gasteiger partial charge in [-0.3, -0.25) is 10.1 Å². The molecule has 0 saturated carbocycles. The number of amides is 1. The van der Waals surface area contributed by atoms with Gasteiger partial charge in [0.2, 0.25) is 0 Å². The van der Waals surface area contributed by atoms with E-state index in [1.165, 1.54) is 6.07 Å². The molecule has 2 rings (SSSR count). The molecule has 32 heavy (non-hydrogen) atoms. The standard InChI is InChI=1S/C22H23BrN2O6S/c1-2-29-19(9-10-30-20(27)13-32)21(17-11-15(23)5-8-18(17)26)31-22(28)25-16-6-3-14(12-24)4-7-16/h3-8,11,19,21,26,32H,2,9-10,13H2,1H3,(H,25,28)/t19-,21-/m1/s1. The van der Waals surface area contributed by atoms with Crippen LogP contribution in [0.4, 0.5) is 10.5 Å². The number of nitrogens with one attached hydrogen (secondary N) is 1. The Labute approximate surface area is 200 Å². The summed E-state index contributed by atoms with van der Waals surface area (Å²) in [6, 6.07) is 13.0. The fourth-order valence-electron chi connectivity index (χ4n) is 2.85. The maximum Gasteiger partial charge on any atom is 0.412 e. The van der Waals surface area contributed by atoms with E-state index < -0.39 is 24.3 Å². The summed E-state index contributed by atoms with van der Waals surface area (Å²) in [4.78, 5) is 24.1. The highest BCUT2D eigenvalue weighted by molar-refractivity contribution is 9.10. The first-order valence-electron chi connectivity index (χ1n) is 9.72. The molecule has 0 heterocycles. The lowest BCUT2D eigenvalue weighted by Crippen LogP contribution is -2.30. The maximum atomic E-state index is 12.6. The van der Waals surface area contributed by atoms with Crippen molar-refractivity contribution in [3.8, 4) is 11.8 Å². The molecule has 0 aliphatic heterocycles. The van der Waals surface area contributed by atoms with Gasteiger partial charge in [-0.15, -0.1) is 0 Å². The van der Waals surface area contributed by atoms with E-state index in [-0.39, 0.29) is 24.5 Å². The average molecular weight is 523 g/mol. The topological polar surface area (TPSA) is 118 Å². The Bertz CT molecular complexity index is 964. The number of aromatic hydroxyl groups is 1. The summed E-state index contributed by atoms with van der Waals surface area (Å²) in [6.45, 7) is 2.11. The minimum atomic E-state index is -1.000. The van der Waals surface area contributed by atoms with Crippen molar-refractivity contribution < 1.29 is 28.9 Å². The summed E-state index contributed by atoms with van der Waals surface area (Å²) < 4.78 is 17.2. The molecule has 0 aliphatic rings. The Kier molecular flexibility index (Phi) is 10.3. The first kappa shape index (κ1) is 25.5. The Morgan fingerprint density at radius 3 is 2.59 bits per heavy atom. The predicted molar refractivity (Wildman–Crippen MR) is 125 cm³/mol. The van der Waals surface area contributed by atoms with E-state index in [0.29, 0.717) is 27.9 Å². The van der Waals surface area contributed by atoms with Crippen LogP contribution in [-0.4, -0.2) is 42.2 Å². The van der Waals surface area contributed by atoms with Crippen LogP contribution in [0.1, 0.15) is 30.6 Å². The zero-order valence-corrected chi connectivity index (χ0v) is 19.8. The Morgan fingerprint density at radius 1 is 1.25 bits per heavy atom. The minimum absolute atomic E-state index is 0.0237. The molecule has 170 valence electrons. The molecule has 0 bridgehead atoms. The number of anilines is 1.